The molecule has 0 radical (unpaired) electrons. The summed E-state index contributed by atoms with van der Waals surface area (Å²) in [5.41, 5.74) is 1.10. The van der Waals surface area contributed by atoms with Crippen LogP contribution in [-0.2, 0) is 4.79 Å². The van der Waals surface area contributed by atoms with E-state index in [0.29, 0.717) is 6.42 Å². The highest BCUT2D eigenvalue weighted by Gasteiger charge is 2.16. The van der Waals surface area contributed by atoms with Crippen LogP contribution in [0.5, 0.6) is 0 Å². The van der Waals surface area contributed by atoms with Gasteiger partial charge in [-0.05, 0) is 43.9 Å². The van der Waals surface area contributed by atoms with Crippen molar-refractivity contribution in [1.29, 1.82) is 0 Å². The molecule has 1 aromatic heterocycles. The molecule has 2 rings (SSSR count). The SMILES string of the molecule is CC(NC(=O)CCCCC1CCSS1)c1ccncc1. The second kappa shape index (κ2) is 8.57. The fraction of sp³-hybridized carbons (Fsp3) is 0.600. The molecule has 1 aromatic rings. The lowest BCUT2D eigenvalue weighted by Crippen LogP contribution is -2.26. The monoisotopic (exact) mass is 310 g/mol. The van der Waals surface area contributed by atoms with Gasteiger partial charge >= 0.3 is 0 Å². The lowest BCUT2D eigenvalue weighted by Gasteiger charge is -2.14. The van der Waals surface area contributed by atoms with Crippen LogP contribution in [-0.4, -0.2) is 21.9 Å². The Morgan fingerprint density at radius 1 is 1.45 bits per heavy atom. The molecule has 0 bridgehead atoms. The molecule has 0 saturated carbocycles. The Morgan fingerprint density at radius 2 is 2.25 bits per heavy atom. The molecule has 0 aliphatic carbocycles. The number of nitrogens with one attached hydrogen (secondary N) is 1. The van der Waals surface area contributed by atoms with Crippen LogP contribution in [0.1, 0.15) is 50.6 Å². The first-order chi connectivity index (χ1) is 9.75. The van der Waals surface area contributed by atoms with Crippen molar-refractivity contribution in [1.82, 2.24) is 10.3 Å². The Bertz CT molecular complexity index is 408. The third-order valence-corrected chi connectivity index (χ3v) is 6.50. The van der Waals surface area contributed by atoms with Gasteiger partial charge in [-0.15, -0.1) is 0 Å². The van der Waals surface area contributed by atoms with Gasteiger partial charge in [0.25, 0.3) is 0 Å². The zero-order chi connectivity index (χ0) is 14.2. The number of hydrogen-bond acceptors (Lipinski definition) is 4. The van der Waals surface area contributed by atoms with Gasteiger partial charge < -0.3 is 5.32 Å². The minimum atomic E-state index is 0.0623. The van der Waals surface area contributed by atoms with E-state index in [-0.39, 0.29) is 11.9 Å². The molecule has 1 aliphatic heterocycles. The van der Waals surface area contributed by atoms with Crippen LogP contribution in [0.4, 0.5) is 0 Å². The second-order valence-corrected chi connectivity index (χ2v) is 7.93. The highest BCUT2D eigenvalue weighted by molar-refractivity contribution is 8.77. The smallest absolute Gasteiger partial charge is 0.220 e. The van der Waals surface area contributed by atoms with Crippen molar-refractivity contribution in [3.8, 4) is 0 Å². The molecule has 2 heterocycles. The number of nitrogens with zero attached hydrogens (tertiary/aromatic N) is 1. The fourth-order valence-electron chi connectivity index (χ4n) is 2.27. The average molecular weight is 310 g/mol. The molecular formula is C15H22N2OS2. The van der Waals surface area contributed by atoms with Crippen LogP contribution in [0.25, 0.3) is 0 Å². The average Bonchev–Trinajstić information content (AvgIpc) is 2.98. The molecule has 0 spiro atoms. The molecule has 20 heavy (non-hydrogen) atoms. The molecule has 1 N–H and O–H groups in total. The summed E-state index contributed by atoms with van der Waals surface area (Å²) in [4.78, 5) is 15.9. The van der Waals surface area contributed by atoms with Gasteiger partial charge in [-0.2, -0.15) is 0 Å². The summed E-state index contributed by atoms with van der Waals surface area (Å²) >= 11 is 0. The molecule has 5 heteroatoms. The Morgan fingerprint density at radius 3 is 2.95 bits per heavy atom. The van der Waals surface area contributed by atoms with Gasteiger partial charge in [0.1, 0.15) is 0 Å². The van der Waals surface area contributed by atoms with Crippen molar-refractivity contribution in [2.45, 2.75) is 50.3 Å². The predicted octanol–water partition coefficient (Wildman–Crippen LogP) is 3.97. The van der Waals surface area contributed by atoms with Crippen molar-refractivity contribution in [3.63, 3.8) is 0 Å². The number of carbonyl (C=O) groups excluding carboxylic acids is 1. The maximum Gasteiger partial charge on any atom is 0.220 e. The summed E-state index contributed by atoms with van der Waals surface area (Å²) in [6.07, 6.45) is 8.90. The van der Waals surface area contributed by atoms with Crippen LogP contribution in [0.15, 0.2) is 24.5 Å². The molecule has 1 aliphatic rings. The van der Waals surface area contributed by atoms with Crippen molar-refractivity contribution in [2.24, 2.45) is 0 Å². The number of hydrogen-bond donors (Lipinski definition) is 1. The molecule has 1 fully saturated rings. The zero-order valence-corrected chi connectivity index (χ0v) is 13.5. The highest BCUT2D eigenvalue weighted by Crippen LogP contribution is 2.39. The molecule has 2 unspecified atom stereocenters. The Kier molecular flexibility index (Phi) is 6.73. The number of amides is 1. The largest absolute Gasteiger partial charge is 0.350 e. The van der Waals surface area contributed by atoms with E-state index in [1.54, 1.807) is 12.4 Å². The minimum absolute atomic E-state index is 0.0623. The maximum absolute atomic E-state index is 11.9. The van der Waals surface area contributed by atoms with Gasteiger partial charge in [-0.3, -0.25) is 9.78 Å². The third-order valence-electron chi connectivity index (χ3n) is 3.49. The summed E-state index contributed by atoms with van der Waals surface area (Å²) in [6.45, 7) is 2.01. The normalized spacial score (nSPS) is 19.8. The summed E-state index contributed by atoms with van der Waals surface area (Å²) in [7, 11) is 4.00. The highest BCUT2D eigenvalue weighted by atomic mass is 33.1. The van der Waals surface area contributed by atoms with E-state index >= 15 is 0 Å². The van der Waals surface area contributed by atoms with E-state index in [1.807, 2.05) is 40.6 Å². The van der Waals surface area contributed by atoms with Crippen molar-refractivity contribution in [2.75, 3.05) is 5.75 Å². The Hall–Kier alpha value is -0.680. The number of rotatable bonds is 7. The van der Waals surface area contributed by atoms with E-state index in [9.17, 15) is 4.79 Å². The quantitative estimate of drug-likeness (QED) is 0.611. The van der Waals surface area contributed by atoms with E-state index in [1.165, 1.54) is 18.6 Å². The van der Waals surface area contributed by atoms with E-state index < -0.39 is 0 Å². The number of pyridine rings is 1. The first kappa shape index (κ1) is 15.7. The summed E-state index contributed by atoms with van der Waals surface area (Å²) in [5.74, 6) is 1.45. The van der Waals surface area contributed by atoms with Gasteiger partial charge in [0.15, 0.2) is 0 Å². The lowest BCUT2D eigenvalue weighted by atomic mass is 10.1. The Balaban J connectivity index is 1.60. The van der Waals surface area contributed by atoms with Crippen LogP contribution >= 0.6 is 21.6 Å². The Labute approximate surface area is 129 Å². The zero-order valence-electron chi connectivity index (χ0n) is 11.9. The second-order valence-electron chi connectivity index (χ2n) is 5.14. The minimum Gasteiger partial charge on any atom is -0.350 e. The summed E-state index contributed by atoms with van der Waals surface area (Å²) in [6, 6.07) is 3.95. The van der Waals surface area contributed by atoms with Crippen LogP contribution < -0.4 is 5.32 Å². The summed E-state index contributed by atoms with van der Waals surface area (Å²) < 4.78 is 0. The first-order valence-corrected chi connectivity index (χ1v) is 9.61. The molecule has 3 nitrogen and oxygen atoms in total. The standard InChI is InChI=1S/C15H22N2OS2/c1-12(13-6-9-16-10-7-13)17-15(18)5-3-2-4-14-8-11-19-20-14/h6-7,9-10,12,14H,2-5,8,11H2,1H3,(H,17,18). The van der Waals surface area contributed by atoms with Crippen LogP contribution in [0.3, 0.4) is 0 Å². The number of carbonyl (C=O) groups is 1. The van der Waals surface area contributed by atoms with E-state index in [4.69, 9.17) is 0 Å². The van der Waals surface area contributed by atoms with Crippen molar-refractivity contribution in [3.05, 3.63) is 30.1 Å². The third kappa shape index (κ3) is 5.37. The number of unbranched alkanes of at least 4 members (excludes halogenated alkanes) is 1. The predicted molar refractivity (Wildman–Crippen MR) is 87.7 cm³/mol. The van der Waals surface area contributed by atoms with Gasteiger partial charge in [0.2, 0.25) is 5.91 Å². The van der Waals surface area contributed by atoms with Gasteiger partial charge in [-0.1, -0.05) is 28.0 Å². The summed E-state index contributed by atoms with van der Waals surface area (Å²) in [5, 5.41) is 3.87. The molecular weight excluding hydrogens is 288 g/mol. The fourth-order valence-corrected chi connectivity index (χ4v) is 5.30. The van der Waals surface area contributed by atoms with E-state index in [2.05, 4.69) is 10.3 Å². The number of aromatic nitrogens is 1. The molecule has 0 aromatic carbocycles. The maximum atomic E-state index is 11.9. The van der Waals surface area contributed by atoms with Crippen molar-refractivity contribution < 1.29 is 4.79 Å². The van der Waals surface area contributed by atoms with Crippen LogP contribution in [0.2, 0.25) is 0 Å². The van der Waals surface area contributed by atoms with Gasteiger partial charge in [0, 0.05) is 29.8 Å². The van der Waals surface area contributed by atoms with Crippen molar-refractivity contribution >= 4 is 27.5 Å². The van der Waals surface area contributed by atoms with Crippen LogP contribution in [0, 0.1) is 0 Å². The topological polar surface area (TPSA) is 42.0 Å². The first-order valence-electron chi connectivity index (χ1n) is 7.23. The molecule has 1 saturated heterocycles. The van der Waals surface area contributed by atoms with Gasteiger partial charge in [0.05, 0.1) is 6.04 Å². The molecule has 110 valence electrons. The lowest BCUT2D eigenvalue weighted by molar-refractivity contribution is -0.121. The molecule has 1 amide bonds. The van der Waals surface area contributed by atoms with Gasteiger partial charge in [-0.25, -0.2) is 0 Å². The molecule has 2 atom stereocenters. The van der Waals surface area contributed by atoms with E-state index in [0.717, 1.165) is 23.7 Å².